The largest absolute Gasteiger partial charge is 0.336 e. The fourth-order valence-corrected chi connectivity index (χ4v) is 4.46. The minimum absolute atomic E-state index is 0.0632. The molecule has 0 unspecified atom stereocenters. The predicted octanol–water partition coefficient (Wildman–Crippen LogP) is 4.10. The van der Waals surface area contributed by atoms with Crippen LogP contribution in [-0.2, 0) is 10.0 Å². The van der Waals surface area contributed by atoms with E-state index in [4.69, 9.17) is 11.6 Å². The molecule has 0 amide bonds. The van der Waals surface area contributed by atoms with Gasteiger partial charge in [-0.15, -0.1) is 0 Å². The molecule has 4 rings (SSSR count). The SMILES string of the molecule is CCCS(=O)(=O)Nc1ccc(F)c(Nc2ncccc2-c2ncnc3[nH]cnc23)c1Cl. The van der Waals surface area contributed by atoms with E-state index in [1.807, 2.05) is 0 Å². The van der Waals surface area contributed by atoms with Gasteiger partial charge in [-0.3, -0.25) is 4.72 Å². The summed E-state index contributed by atoms with van der Waals surface area (Å²) in [5.74, 6) is -0.492. The highest BCUT2D eigenvalue weighted by Gasteiger charge is 2.19. The first-order valence-electron chi connectivity index (χ1n) is 9.24. The van der Waals surface area contributed by atoms with Gasteiger partial charge in [0.1, 0.15) is 29.2 Å². The average molecular weight is 462 g/mol. The number of nitrogens with one attached hydrogen (secondary N) is 3. The fraction of sp³-hybridized carbons (Fsp3) is 0.158. The number of imidazole rings is 1. The highest BCUT2D eigenvalue weighted by atomic mass is 35.5. The molecule has 3 heterocycles. The van der Waals surface area contributed by atoms with Crippen molar-refractivity contribution in [3.05, 3.63) is 54.0 Å². The van der Waals surface area contributed by atoms with Gasteiger partial charge in [0.05, 0.1) is 28.5 Å². The molecule has 9 nitrogen and oxygen atoms in total. The van der Waals surface area contributed by atoms with Crippen LogP contribution in [-0.4, -0.2) is 39.1 Å². The lowest BCUT2D eigenvalue weighted by Gasteiger charge is -2.15. The van der Waals surface area contributed by atoms with E-state index >= 15 is 0 Å². The molecular weight excluding hydrogens is 445 g/mol. The van der Waals surface area contributed by atoms with E-state index < -0.39 is 15.8 Å². The van der Waals surface area contributed by atoms with Crippen molar-refractivity contribution in [1.29, 1.82) is 0 Å². The first-order valence-corrected chi connectivity index (χ1v) is 11.3. The van der Waals surface area contributed by atoms with Gasteiger partial charge in [-0.1, -0.05) is 18.5 Å². The number of aromatic amines is 1. The van der Waals surface area contributed by atoms with Crippen molar-refractivity contribution in [2.24, 2.45) is 0 Å². The number of aromatic nitrogens is 5. The number of H-pyrrole nitrogens is 1. The third-order valence-electron chi connectivity index (χ3n) is 4.35. The summed E-state index contributed by atoms with van der Waals surface area (Å²) < 4.78 is 41.3. The molecule has 0 saturated carbocycles. The van der Waals surface area contributed by atoms with Crippen molar-refractivity contribution in [2.75, 3.05) is 15.8 Å². The number of rotatable bonds is 7. The number of hydrogen-bond acceptors (Lipinski definition) is 7. The van der Waals surface area contributed by atoms with Crippen LogP contribution in [0, 0.1) is 5.82 Å². The van der Waals surface area contributed by atoms with Gasteiger partial charge in [0.15, 0.2) is 5.65 Å². The highest BCUT2D eigenvalue weighted by molar-refractivity contribution is 7.92. The van der Waals surface area contributed by atoms with Gasteiger partial charge in [0, 0.05) is 11.8 Å². The molecular formula is C19H17ClFN7O2S. The molecule has 0 radical (unpaired) electrons. The maximum absolute atomic E-state index is 14.6. The topological polar surface area (TPSA) is 126 Å². The number of benzene rings is 1. The molecule has 0 atom stereocenters. The van der Waals surface area contributed by atoms with Gasteiger partial charge in [-0.25, -0.2) is 32.7 Å². The van der Waals surface area contributed by atoms with E-state index in [9.17, 15) is 12.8 Å². The van der Waals surface area contributed by atoms with Crippen LogP contribution >= 0.6 is 11.6 Å². The maximum atomic E-state index is 14.6. The van der Waals surface area contributed by atoms with Gasteiger partial charge >= 0.3 is 0 Å². The van der Waals surface area contributed by atoms with Crippen LogP contribution in [0.5, 0.6) is 0 Å². The van der Waals surface area contributed by atoms with E-state index in [0.29, 0.717) is 28.8 Å². The van der Waals surface area contributed by atoms with E-state index in [-0.39, 0.29) is 28.0 Å². The van der Waals surface area contributed by atoms with Crippen LogP contribution in [0.15, 0.2) is 43.1 Å². The molecule has 0 saturated heterocycles. The second kappa shape index (κ2) is 8.44. The van der Waals surface area contributed by atoms with Gasteiger partial charge in [-0.05, 0) is 30.7 Å². The summed E-state index contributed by atoms with van der Waals surface area (Å²) in [6, 6.07) is 5.84. The Labute approximate surface area is 182 Å². The Bertz CT molecular complexity index is 1360. The van der Waals surface area contributed by atoms with Crippen molar-refractivity contribution in [1.82, 2.24) is 24.9 Å². The molecule has 4 aromatic rings. The first kappa shape index (κ1) is 20.9. The summed E-state index contributed by atoms with van der Waals surface area (Å²) in [5, 5.41) is 2.75. The Morgan fingerprint density at radius 2 is 2.00 bits per heavy atom. The van der Waals surface area contributed by atoms with Crippen LogP contribution in [0.3, 0.4) is 0 Å². The lowest BCUT2D eigenvalue weighted by Crippen LogP contribution is -2.16. The number of hydrogen-bond donors (Lipinski definition) is 3. The molecule has 31 heavy (non-hydrogen) atoms. The molecule has 0 aliphatic rings. The quantitative estimate of drug-likeness (QED) is 0.378. The smallest absolute Gasteiger partial charge is 0.232 e. The lowest BCUT2D eigenvalue weighted by atomic mass is 10.1. The van der Waals surface area contributed by atoms with Crippen LogP contribution in [0.25, 0.3) is 22.4 Å². The third-order valence-corrected chi connectivity index (χ3v) is 6.22. The molecule has 0 bridgehead atoms. The number of anilines is 3. The fourth-order valence-electron chi connectivity index (χ4n) is 3.01. The van der Waals surface area contributed by atoms with Crippen LogP contribution in [0.1, 0.15) is 13.3 Å². The number of sulfonamides is 1. The lowest BCUT2D eigenvalue weighted by molar-refractivity contribution is 0.599. The Kier molecular flexibility index (Phi) is 5.70. The predicted molar refractivity (Wildman–Crippen MR) is 117 cm³/mol. The van der Waals surface area contributed by atoms with Crippen LogP contribution in [0.2, 0.25) is 5.02 Å². The van der Waals surface area contributed by atoms with Crippen LogP contribution in [0.4, 0.5) is 21.6 Å². The molecule has 160 valence electrons. The summed E-state index contributed by atoms with van der Waals surface area (Å²) in [5.41, 5.74) is 2.02. The molecule has 1 aromatic carbocycles. The molecule has 0 fully saturated rings. The first-order chi connectivity index (χ1) is 14.9. The number of halogens is 2. The Morgan fingerprint density at radius 1 is 1.16 bits per heavy atom. The summed E-state index contributed by atoms with van der Waals surface area (Å²) >= 11 is 6.35. The van der Waals surface area contributed by atoms with Gasteiger partial charge in [0.25, 0.3) is 0 Å². The summed E-state index contributed by atoms with van der Waals surface area (Å²) in [4.78, 5) is 19.8. The van der Waals surface area contributed by atoms with Gasteiger partial charge < -0.3 is 10.3 Å². The zero-order chi connectivity index (χ0) is 22.0. The Hall–Kier alpha value is -3.31. The van der Waals surface area contributed by atoms with Crippen molar-refractivity contribution >= 4 is 50.0 Å². The third kappa shape index (κ3) is 4.28. The molecule has 0 aliphatic carbocycles. The summed E-state index contributed by atoms with van der Waals surface area (Å²) in [6.07, 6.45) is 4.82. The van der Waals surface area contributed by atoms with E-state index in [0.717, 1.165) is 6.07 Å². The average Bonchev–Trinajstić information content (AvgIpc) is 3.22. The van der Waals surface area contributed by atoms with Crippen molar-refractivity contribution < 1.29 is 12.8 Å². The minimum Gasteiger partial charge on any atom is -0.336 e. The standard InChI is InChI=1S/C19H17ClFN7O2S/c1-2-8-31(29,30)28-13-6-5-12(21)16(14(13)20)27-18-11(4-3-7-22-18)15-17-19(25-9-23-15)26-10-24-17/h3-7,9-10,28H,2,8H2,1H3,(H,22,27)(H,23,24,25,26). The summed E-state index contributed by atoms with van der Waals surface area (Å²) in [7, 11) is -3.61. The number of fused-ring (bicyclic) bond motifs is 1. The van der Waals surface area contributed by atoms with Crippen molar-refractivity contribution in [3.63, 3.8) is 0 Å². The molecule has 0 aliphatic heterocycles. The monoisotopic (exact) mass is 461 g/mol. The molecule has 3 aromatic heterocycles. The van der Waals surface area contributed by atoms with E-state index in [1.54, 1.807) is 19.1 Å². The number of nitrogens with zero attached hydrogens (tertiary/aromatic N) is 4. The normalized spacial score (nSPS) is 11.6. The van der Waals surface area contributed by atoms with Gasteiger partial charge in [-0.2, -0.15) is 0 Å². The van der Waals surface area contributed by atoms with E-state index in [1.165, 1.54) is 24.9 Å². The Morgan fingerprint density at radius 3 is 2.81 bits per heavy atom. The second-order valence-corrected chi connectivity index (χ2v) is 8.77. The highest BCUT2D eigenvalue weighted by Crippen LogP contribution is 2.37. The van der Waals surface area contributed by atoms with Gasteiger partial charge in [0.2, 0.25) is 10.0 Å². The van der Waals surface area contributed by atoms with E-state index in [2.05, 4.69) is 35.0 Å². The second-order valence-electron chi connectivity index (χ2n) is 6.55. The zero-order valence-corrected chi connectivity index (χ0v) is 17.8. The van der Waals surface area contributed by atoms with Crippen molar-refractivity contribution in [3.8, 4) is 11.3 Å². The maximum Gasteiger partial charge on any atom is 0.232 e. The van der Waals surface area contributed by atoms with Crippen LogP contribution < -0.4 is 10.0 Å². The molecule has 12 heteroatoms. The minimum atomic E-state index is -3.61. The molecule has 3 N–H and O–H groups in total. The Balaban J connectivity index is 1.76. The zero-order valence-electron chi connectivity index (χ0n) is 16.2. The van der Waals surface area contributed by atoms with Crippen molar-refractivity contribution in [2.45, 2.75) is 13.3 Å². The summed E-state index contributed by atoms with van der Waals surface area (Å²) in [6.45, 7) is 1.74. The molecule has 0 spiro atoms. The number of pyridine rings is 1.